The van der Waals surface area contributed by atoms with Crippen LogP contribution < -0.4 is 15.8 Å². The van der Waals surface area contributed by atoms with E-state index >= 15 is 0 Å². The van der Waals surface area contributed by atoms with E-state index in [1.807, 2.05) is 55.0 Å². The lowest BCUT2D eigenvalue weighted by atomic mass is 10.1. The van der Waals surface area contributed by atoms with Crippen LogP contribution in [0, 0.1) is 5.92 Å². The first kappa shape index (κ1) is 20.9. The fourth-order valence-corrected chi connectivity index (χ4v) is 3.12. The minimum absolute atomic E-state index is 0.464. The van der Waals surface area contributed by atoms with Crippen LogP contribution in [-0.4, -0.2) is 27.7 Å². The van der Waals surface area contributed by atoms with E-state index < -0.39 is 6.10 Å². The van der Waals surface area contributed by atoms with Gasteiger partial charge in [0.2, 0.25) is 0 Å². The van der Waals surface area contributed by atoms with Crippen molar-refractivity contribution < 1.29 is 9.84 Å². The Kier molecular flexibility index (Phi) is 7.67. The Hall–Kier alpha value is -2.83. The number of aliphatic hydroxyl groups is 1. The van der Waals surface area contributed by atoms with Gasteiger partial charge in [0, 0.05) is 25.5 Å². The second kappa shape index (κ2) is 10.6. The molecule has 1 aromatic heterocycles. The van der Waals surface area contributed by atoms with E-state index in [0.29, 0.717) is 30.5 Å². The molecule has 2 unspecified atom stereocenters. The second-order valence-electron chi connectivity index (χ2n) is 7.44. The minimum Gasteiger partial charge on any atom is -0.487 e. The molecule has 0 radical (unpaired) electrons. The third-order valence-corrected chi connectivity index (χ3v) is 4.93. The van der Waals surface area contributed by atoms with Crippen molar-refractivity contribution >= 4 is 5.69 Å². The molecule has 2 aromatic carbocycles. The van der Waals surface area contributed by atoms with Crippen LogP contribution in [0.2, 0.25) is 0 Å². The Labute approximate surface area is 172 Å². The minimum atomic E-state index is -0.610. The Morgan fingerprint density at radius 3 is 2.72 bits per heavy atom. The van der Waals surface area contributed by atoms with Gasteiger partial charge in [-0.25, -0.2) is 4.98 Å². The third-order valence-electron chi connectivity index (χ3n) is 4.93. The Balaban J connectivity index is 1.41. The molecule has 0 fully saturated rings. The highest BCUT2D eigenvalue weighted by Crippen LogP contribution is 2.26. The van der Waals surface area contributed by atoms with Gasteiger partial charge >= 0.3 is 0 Å². The number of nitrogens with zero attached hydrogens (tertiary/aromatic N) is 2. The first-order valence-corrected chi connectivity index (χ1v) is 10.0. The average molecular weight is 395 g/mol. The number of aromatic nitrogens is 2. The molecule has 2 atom stereocenters. The molecular formula is C23H30N4O2. The summed E-state index contributed by atoms with van der Waals surface area (Å²) in [4.78, 5) is 4.05. The standard InChI is InChI=1S/C23H30N4O2/c1-18(9-11-27-12-10-25-17-27)14-26-15-22(28)20-7-8-23(21(24)13-20)29-16-19-5-3-2-4-6-19/h2-8,10,12-13,17-18,22,26,28H,9,11,14-16,24H2,1H3. The first-order valence-electron chi connectivity index (χ1n) is 10.0. The molecular weight excluding hydrogens is 364 g/mol. The summed E-state index contributed by atoms with van der Waals surface area (Å²) >= 11 is 0. The van der Waals surface area contributed by atoms with Crippen molar-refractivity contribution in [2.24, 2.45) is 5.92 Å². The number of imidazole rings is 1. The van der Waals surface area contributed by atoms with Gasteiger partial charge in [0.15, 0.2) is 0 Å². The zero-order valence-corrected chi connectivity index (χ0v) is 16.9. The van der Waals surface area contributed by atoms with Crippen LogP contribution in [-0.2, 0) is 13.2 Å². The van der Waals surface area contributed by atoms with Gasteiger partial charge in [0.1, 0.15) is 12.4 Å². The largest absolute Gasteiger partial charge is 0.487 e. The van der Waals surface area contributed by atoms with Crippen molar-refractivity contribution in [2.45, 2.75) is 32.6 Å². The van der Waals surface area contributed by atoms with Crippen LogP contribution in [0.4, 0.5) is 5.69 Å². The zero-order chi connectivity index (χ0) is 20.5. The molecule has 154 valence electrons. The summed E-state index contributed by atoms with van der Waals surface area (Å²) < 4.78 is 7.88. The van der Waals surface area contributed by atoms with E-state index in [1.54, 1.807) is 12.3 Å². The predicted molar refractivity (Wildman–Crippen MR) is 115 cm³/mol. The summed E-state index contributed by atoms with van der Waals surface area (Å²) in [6, 6.07) is 15.4. The summed E-state index contributed by atoms with van der Waals surface area (Å²) in [5.41, 5.74) is 8.53. The molecule has 4 N–H and O–H groups in total. The number of rotatable bonds is 11. The molecule has 3 aromatic rings. The Bertz CT molecular complexity index is 853. The molecule has 3 rings (SSSR count). The lowest BCUT2D eigenvalue weighted by molar-refractivity contribution is 0.172. The van der Waals surface area contributed by atoms with Gasteiger partial charge in [-0.1, -0.05) is 43.3 Å². The summed E-state index contributed by atoms with van der Waals surface area (Å²) in [7, 11) is 0. The van der Waals surface area contributed by atoms with Crippen molar-refractivity contribution in [3.63, 3.8) is 0 Å². The molecule has 0 aliphatic rings. The second-order valence-corrected chi connectivity index (χ2v) is 7.44. The topological polar surface area (TPSA) is 85.3 Å². The van der Waals surface area contributed by atoms with E-state index in [0.717, 1.165) is 30.6 Å². The van der Waals surface area contributed by atoms with E-state index in [9.17, 15) is 5.11 Å². The summed E-state index contributed by atoms with van der Waals surface area (Å²) in [6.07, 6.45) is 6.05. The lowest BCUT2D eigenvalue weighted by Crippen LogP contribution is -2.27. The molecule has 6 heteroatoms. The van der Waals surface area contributed by atoms with Crippen molar-refractivity contribution in [1.29, 1.82) is 0 Å². The highest BCUT2D eigenvalue weighted by molar-refractivity contribution is 5.54. The van der Waals surface area contributed by atoms with Gasteiger partial charge in [0.05, 0.1) is 18.1 Å². The van der Waals surface area contributed by atoms with Crippen LogP contribution in [0.3, 0.4) is 0 Å². The van der Waals surface area contributed by atoms with E-state index in [2.05, 4.69) is 21.8 Å². The predicted octanol–water partition coefficient (Wildman–Crippen LogP) is 3.39. The van der Waals surface area contributed by atoms with Crippen molar-refractivity contribution in [1.82, 2.24) is 14.9 Å². The summed E-state index contributed by atoms with van der Waals surface area (Å²) in [5.74, 6) is 1.13. The molecule has 0 bridgehead atoms. The normalized spacial score (nSPS) is 13.2. The fraction of sp³-hybridized carbons (Fsp3) is 0.348. The van der Waals surface area contributed by atoms with E-state index in [-0.39, 0.29) is 0 Å². The van der Waals surface area contributed by atoms with Crippen LogP contribution >= 0.6 is 0 Å². The number of nitrogens with one attached hydrogen (secondary N) is 1. The van der Waals surface area contributed by atoms with Gasteiger partial charge in [-0.2, -0.15) is 0 Å². The Morgan fingerprint density at radius 2 is 2.00 bits per heavy atom. The molecule has 0 aliphatic heterocycles. The summed E-state index contributed by atoms with van der Waals surface area (Å²) in [5, 5.41) is 13.8. The number of aliphatic hydroxyl groups excluding tert-OH is 1. The third kappa shape index (κ3) is 6.62. The SMILES string of the molecule is CC(CCn1ccnc1)CNCC(O)c1ccc(OCc2ccccc2)c(N)c1. The van der Waals surface area contributed by atoms with Crippen LogP contribution in [0.5, 0.6) is 5.75 Å². The molecule has 6 nitrogen and oxygen atoms in total. The van der Waals surface area contributed by atoms with Crippen LogP contribution in [0.15, 0.2) is 67.3 Å². The van der Waals surface area contributed by atoms with Gasteiger partial charge in [0.25, 0.3) is 0 Å². The number of aryl methyl sites for hydroxylation is 1. The first-order chi connectivity index (χ1) is 14.1. The van der Waals surface area contributed by atoms with Gasteiger partial charge < -0.3 is 25.5 Å². The molecule has 0 saturated carbocycles. The quantitative estimate of drug-likeness (QED) is 0.434. The zero-order valence-electron chi connectivity index (χ0n) is 16.9. The maximum absolute atomic E-state index is 10.5. The number of hydrogen-bond acceptors (Lipinski definition) is 5. The number of ether oxygens (including phenoxy) is 1. The molecule has 0 aliphatic carbocycles. The van der Waals surface area contributed by atoms with Crippen molar-refractivity contribution in [3.05, 3.63) is 78.4 Å². The highest BCUT2D eigenvalue weighted by atomic mass is 16.5. The lowest BCUT2D eigenvalue weighted by Gasteiger charge is -2.17. The maximum Gasteiger partial charge on any atom is 0.142 e. The van der Waals surface area contributed by atoms with E-state index in [1.165, 1.54) is 0 Å². The number of hydrogen-bond donors (Lipinski definition) is 3. The number of nitrogen functional groups attached to an aromatic ring is 1. The van der Waals surface area contributed by atoms with Gasteiger partial charge in [-0.15, -0.1) is 0 Å². The highest BCUT2D eigenvalue weighted by Gasteiger charge is 2.11. The van der Waals surface area contributed by atoms with Crippen LogP contribution in [0.25, 0.3) is 0 Å². The molecule has 1 heterocycles. The monoisotopic (exact) mass is 394 g/mol. The molecule has 29 heavy (non-hydrogen) atoms. The molecule has 0 saturated heterocycles. The smallest absolute Gasteiger partial charge is 0.142 e. The fourth-order valence-electron chi connectivity index (χ4n) is 3.12. The Morgan fingerprint density at radius 1 is 1.17 bits per heavy atom. The summed E-state index contributed by atoms with van der Waals surface area (Å²) in [6.45, 7) is 4.95. The van der Waals surface area contributed by atoms with Gasteiger partial charge in [-0.3, -0.25) is 0 Å². The van der Waals surface area contributed by atoms with Crippen LogP contribution in [0.1, 0.15) is 30.6 Å². The molecule has 0 spiro atoms. The van der Waals surface area contributed by atoms with E-state index in [4.69, 9.17) is 10.5 Å². The average Bonchev–Trinajstić information content (AvgIpc) is 3.26. The number of benzene rings is 2. The van der Waals surface area contributed by atoms with Crippen molar-refractivity contribution in [2.75, 3.05) is 18.8 Å². The number of nitrogens with two attached hydrogens (primary N) is 1. The van der Waals surface area contributed by atoms with Gasteiger partial charge in [-0.05, 0) is 42.1 Å². The molecule has 0 amide bonds. The number of anilines is 1. The van der Waals surface area contributed by atoms with Crippen molar-refractivity contribution in [3.8, 4) is 5.75 Å². The maximum atomic E-state index is 10.5.